The van der Waals surface area contributed by atoms with Crippen LogP contribution in [0.4, 0.5) is 5.82 Å². The third-order valence-electron chi connectivity index (χ3n) is 3.02. The van der Waals surface area contributed by atoms with Crippen LogP contribution in [0, 0.1) is 0 Å². The second kappa shape index (κ2) is 7.46. The van der Waals surface area contributed by atoms with Crippen molar-refractivity contribution in [1.29, 1.82) is 0 Å². The molecular formula is C16H14N4O2S. The van der Waals surface area contributed by atoms with E-state index in [2.05, 4.69) is 20.5 Å². The Kier molecular flexibility index (Phi) is 4.90. The van der Waals surface area contributed by atoms with Gasteiger partial charge in [0, 0.05) is 10.9 Å². The largest absolute Gasteiger partial charge is 0.459 e. The summed E-state index contributed by atoms with van der Waals surface area (Å²) in [6.07, 6.45) is 0. The molecule has 1 N–H and O–H groups in total. The Hall–Kier alpha value is -2.80. The number of nitrogens with zero attached hydrogens (tertiary/aromatic N) is 3. The van der Waals surface area contributed by atoms with Crippen LogP contribution in [-0.4, -0.2) is 34.3 Å². The van der Waals surface area contributed by atoms with Crippen molar-refractivity contribution in [3.05, 3.63) is 59.0 Å². The Bertz CT molecular complexity index is 746. The molecule has 3 aromatic rings. The summed E-state index contributed by atoms with van der Waals surface area (Å²) in [6.45, 7) is 0.688. The Morgan fingerprint density at radius 3 is 2.70 bits per heavy atom. The summed E-state index contributed by atoms with van der Waals surface area (Å²) < 4.78 is 5.10. The smallest absolute Gasteiger partial charge is 0.357 e. The zero-order chi connectivity index (χ0) is 15.9. The van der Waals surface area contributed by atoms with E-state index >= 15 is 0 Å². The minimum absolute atomic E-state index is 0.235. The third kappa shape index (κ3) is 4.10. The van der Waals surface area contributed by atoms with E-state index in [-0.39, 0.29) is 6.61 Å². The van der Waals surface area contributed by atoms with Gasteiger partial charge in [-0.1, -0.05) is 30.3 Å². The van der Waals surface area contributed by atoms with Crippen LogP contribution in [0.15, 0.2) is 53.4 Å². The standard InChI is InChI=1S/C16H14N4O2S/c21-16(14-10-23-11-18-14)22-9-8-17-15-7-6-13(19-20-15)12-4-2-1-3-5-12/h1-7,10-11H,8-9H2,(H,17,20). The van der Waals surface area contributed by atoms with Gasteiger partial charge < -0.3 is 10.1 Å². The Balaban J connectivity index is 1.47. The van der Waals surface area contributed by atoms with E-state index in [1.165, 1.54) is 11.3 Å². The van der Waals surface area contributed by atoms with Gasteiger partial charge in [0.15, 0.2) is 5.69 Å². The van der Waals surface area contributed by atoms with Gasteiger partial charge in [0.05, 0.1) is 17.7 Å². The minimum atomic E-state index is -0.418. The van der Waals surface area contributed by atoms with Crippen molar-refractivity contribution < 1.29 is 9.53 Å². The van der Waals surface area contributed by atoms with E-state index < -0.39 is 5.97 Å². The highest BCUT2D eigenvalue weighted by atomic mass is 32.1. The number of ether oxygens (including phenoxy) is 1. The predicted molar refractivity (Wildman–Crippen MR) is 88.4 cm³/mol. The Labute approximate surface area is 137 Å². The van der Waals surface area contributed by atoms with Crippen molar-refractivity contribution in [2.45, 2.75) is 0 Å². The summed E-state index contributed by atoms with van der Waals surface area (Å²) in [5.41, 5.74) is 3.76. The maximum atomic E-state index is 11.6. The lowest BCUT2D eigenvalue weighted by molar-refractivity contribution is 0.0514. The van der Waals surface area contributed by atoms with Crippen LogP contribution >= 0.6 is 11.3 Å². The predicted octanol–water partition coefficient (Wildman–Crippen LogP) is 2.87. The molecule has 6 nitrogen and oxygen atoms in total. The van der Waals surface area contributed by atoms with Crippen LogP contribution in [0.5, 0.6) is 0 Å². The van der Waals surface area contributed by atoms with Crippen molar-refractivity contribution in [2.24, 2.45) is 0 Å². The number of nitrogens with one attached hydrogen (secondary N) is 1. The summed E-state index contributed by atoms with van der Waals surface area (Å²) in [4.78, 5) is 15.5. The fraction of sp³-hybridized carbons (Fsp3) is 0.125. The first-order valence-electron chi connectivity index (χ1n) is 7.01. The number of anilines is 1. The van der Waals surface area contributed by atoms with Crippen LogP contribution in [0.2, 0.25) is 0 Å². The lowest BCUT2D eigenvalue weighted by Gasteiger charge is -2.06. The molecule has 116 valence electrons. The zero-order valence-corrected chi connectivity index (χ0v) is 13.0. The van der Waals surface area contributed by atoms with Crippen molar-refractivity contribution in [1.82, 2.24) is 15.2 Å². The molecule has 0 unspecified atom stereocenters. The number of carbonyl (C=O) groups excluding carboxylic acids is 1. The normalized spacial score (nSPS) is 10.3. The summed E-state index contributed by atoms with van der Waals surface area (Å²) in [6, 6.07) is 13.6. The summed E-state index contributed by atoms with van der Waals surface area (Å²) in [7, 11) is 0. The lowest BCUT2D eigenvalue weighted by atomic mass is 10.1. The molecule has 0 aliphatic rings. The maximum Gasteiger partial charge on any atom is 0.357 e. The van der Waals surface area contributed by atoms with Gasteiger partial charge in [-0.2, -0.15) is 0 Å². The highest BCUT2D eigenvalue weighted by Gasteiger charge is 2.08. The number of hydrogen-bond acceptors (Lipinski definition) is 7. The van der Waals surface area contributed by atoms with Crippen LogP contribution in [0.25, 0.3) is 11.3 Å². The first-order chi connectivity index (χ1) is 11.3. The molecule has 1 aromatic carbocycles. The van der Waals surface area contributed by atoms with Crippen molar-refractivity contribution in [2.75, 3.05) is 18.5 Å². The molecule has 0 aliphatic carbocycles. The van der Waals surface area contributed by atoms with Gasteiger partial charge in [-0.25, -0.2) is 9.78 Å². The number of rotatable bonds is 6. The molecule has 0 atom stereocenters. The summed E-state index contributed by atoms with van der Waals surface area (Å²) in [5, 5.41) is 13.0. The molecule has 0 saturated heterocycles. The van der Waals surface area contributed by atoms with Gasteiger partial charge >= 0.3 is 5.97 Å². The SMILES string of the molecule is O=C(OCCNc1ccc(-c2ccccc2)nn1)c1cscn1. The van der Waals surface area contributed by atoms with Gasteiger partial charge in [0.2, 0.25) is 0 Å². The van der Waals surface area contributed by atoms with Crippen molar-refractivity contribution >= 4 is 23.1 Å². The number of hydrogen-bond donors (Lipinski definition) is 1. The molecule has 0 bridgehead atoms. The molecule has 0 saturated carbocycles. The molecule has 7 heteroatoms. The molecule has 23 heavy (non-hydrogen) atoms. The molecular weight excluding hydrogens is 312 g/mol. The highest BCUT2D eigenvalue weighted by molar-refractivity contribution is 7.07. The van der Waals surface area contributed by atoms with E-state index in [1.807, 2.05) is 42.5 Å². The molecule has 3 rings (SSSR count). The second-order valence-corrected chi connectivity index (χ2v) is 5.32. The third-order valence-corrected chi connectivity index (χ3v) is 3.60. The van der Waals surface area contributed by atoms with E-state index in [0.29, 0.717) is 18.1 Å². The molecule has 0 amide bonds. The van der Waals surface area contributed by atoms with Crippen LogP contribution in [0.3, 0.4) is 0 Å². The monoisotopic (exact) mass is 326 g/mol. The number of benzene rings is 1. The summed E-state index contributed by atoms with van der Waals surface area (Å²) >= 11 is 1.36. The number of aromatic nitrogens is 3. The van der Waals surface area contributed by atoms with Crippen LogP contribution in [-0.2, 0) is 4.74 Å². The molecule has 2 heterocycles. The Morgan fingerprint density at radius 2 is 2.00 bits per heavy atom. The first kappa shape index (κ1) is 15.1. The average Bonchev–Trinajstić information content (AvgIpc) is 3.15. The van der Waals surface area contributed by atoms with E-state index in [0.717, 1.165) is 11.3 Å². The maximum absolute atomic E-state index is 11.6. The quantitative estimate of drug-likeness (QED) is 0.554. The molecule has 0 fully saturated rings. The second-order valence-electron chi connectivity index (χ2n) is 4.61. The number of carbonyl (C=O) groups is 1. The fourth-order valence-electron chi connectivity index (χ4n) is 1.90. The molecule has 0 aliphatic heterocycles. The molecule has 2 aromatic heterocycles. The van der Waals surface area contributed by atoms with Gasteiger partial charge in [-0.3, -0.25) is 0 Å². The van der Waals surface area contributed by atoms with E-state index in [1.54, 1.807) is 10.9 Å². The van der Waals surface area contributed by atoms with Gasteiger partial charge in [0.1, 0.15) is 12.4 Å². The van der Waals surface area contributed by atoms with Gasteiger partial charge in [0.25, 0.3) is 0 Å². The van der Waals surface area contributed by atoms with Crippen molar-refractivity contribution in [3.63, 3.8) is 0 Å². The van der Waals surface area contributed by atoms with Crippen molar-refractivity contribution in [3.8, 4) is 11.3 Å². The topological polar surface area (TPSA) is 77.0 Å². The zero-order valence-electron chi connectivity index (χ0n) is 12.2. The van der Waals surface area contributed by atoms with Gasteiger partial charge in [-0.15, -0.1) is 21.5 Å². The van der Waals surface area contributed by atoms with Crippen LogP contribution in [0.1, 0.15) is 10.5 Å². The first-order valence-corrected chi connectivity index (χ1v) is 7.95. The number of esters is 1. The lowest BCUT2D eigenvalue weighted by Crippen LogP contribution is -2.14. The number of thiazole rings is 1. The van der Waals surface area contributed by atoms with E-state index in [4.69, 9.17) is 4.74 Å². The summed E-state index contributed by atoms with van der Waals surface area (Å²) in [5.74, 6) is 0.216. The fourth-order valence-corrected chi connectivity index (χ4v) is 2.42. The van der Waals surface area contributed by atoms with Gasteiger partial charge in [-0.05, 0) is 12.1 Å². The Morgan fingerprint density at radius 1 is 1.13 bits per heavy atom. The molecule has 0 spiro atoms. The van der Waals surface area contributed by atoms with Crippen LogP contribution < -0.4 is 5.32 Å². The minimum Gasteiger partial charge on any atom is -0.459 e. The molecule has 0 radical (unpaired) electrons. The van der Waals surface area contributed by atoms with E-state index in [9.17, 15) is 4.79 Å². The average molecular weight is 326 g/mol. The highest BCUT2D eigenvalue weighted by Crippen LogP contribution is 2.16.